The lowest BCUT2D eigenvalue weighted by Crippen LogP contribution is -2.52. The zero-order chi connectivity index (χ0) is 15.8. The van der Waals surface area contributed by atoms with E-state index >= 15 is 0 Å². The van der Waals surface area contributed by atoms with Crippen molar-refractivity contribution < 1.29 is 4.79 Å². The highest BCUT2D eigenvalue weighted by Crippen LogP contribution is 2.37. The van der Waals surface area contributed by atoms with E-state index in [1.165, 1.54) is 12.0 Å². The van der Waals surface area contributed by atoms with Crippen LogP contribution in [0.3, 0.4) is 0 Å². The summed E-state index contributed by atoms with van der Waals surface area (Å²) in [6, 6.07) is 2.63. The lowest BCUT2D eigenvalue weighted by Gasteiger charge is -2.38. The third-order valence-corrected chi connectivity index (χ3v) is 5.74. The number of hydrogen-bond acceptors (Lipinski definition) is 4. The molecule has 5 nitrogen and oxygen atoms in total. The molecule has 2 fully saturated rings. The topological polar surface area (TPSA) is 41.4 Å². The van der Waals surface area contributed by atoms with Gasteiger partial charge in [0.1, 0.15) is 0 Å². The average Bonchev–Trinajstić information content (AvgIpc) is 3.28. The first-order valence-electron chi connectivity index (χ1n) is 8.32. The molecule has 122 valence electrons. The molecule has 0 aliphatic carbocycles. The molecule has 2 aromatic heterocycles. The predicted octanol–water partition coefficient (Wildman–Crippen LogP) is 2.81. The molecule has 2 aromatic rings. The minimum absolute atomic E-state index is 0.0105. The van der Waals surface area contributed by atoms with Gasteiger partial charge in [0, 0.05) is 25.8 Å². The molecule has 0 saturated carbocycles. The number of aromatic nitrogens is 2. The summed E-state index contributed by atoms with van der Waals surface area (Å²) in [6.45, 7) is 1.83. The number of nitrogens with zero attached hydrogens (tertiary/aromatic N) is 4. The number of anilines is 1. The molecule has 0 bridgehead atoms. The summed E-state index contributed by atoms with van der Waals surface area (Å²) < 4.78 is 1.76. The molecular formula is C17H22N4OS. The van der Waals surface area contributed by atoms with Crippen LogP contribution in [0.1, 0.15) is 37.3 Å². The largest absolute Gasteiger partial charge is 0.308 e. The highest BCUT2D eigenvalue weighted by Gasteiger charge is 2.39. The van der Waals surface area contributed by atoms with E-state index in [2.05, 4.69) is 26.8 Å². The Morgan fingerprint density at radius 2 is 2.04 bits per heavy atom. The van der Waals surface area contributed by atoms with Gasteiger partial charge in [-0.25, -0.2) is 0 Å². The fraction of sp³-hybridized carbons (Fsp3) is 0.529. The minimum Gasteiger partial charge on any atom is -0.308 e. The number of aryl methyl sites for hydroxylation is 1. The van der Waals surface area contributed by atoms with Gasteiger partial charge in [0.05, 0.1) is 17.9 Å². The Kier molecular flexibility index (Phi) is 3.95. The lowest BCUT2D eigenvalue weighted by molar-refractivity contribution is -0.125. The molecule has 4 rings (SSSR count). The number of carbonyl (C=O) groups is 1. The van der Waals surface area contributed by atoms with Gasteiger partial charge in [-0.2, -0.15) is 16.4 Å². The van der Waals surface area contributed by atoms with Gasteiger partial charge in [0.15, 0.2) is 0 Å². The van der Waals surface area contributed by atoms with Gasteiger partial charge >= 0.3 is 0 Å². The smallest absolute Gasteiger partial charge is 0.244 e. The van der Waals surface area contributed by atoms with Crippen LogP contribution in [0, 0.1) is 0 Å². The molecule has 2 saturated heterocycles. The van der Waals surface area contributed by atoms with Crippen molar-refractivity contribution in [3.63, 3.8) is 0 Å². The van der Waals surface area contributed by atoms with Crippen LogP contribution in [0.4, 0.5) is 5.69 Å². The van der Waals surface area contributed by atoms with Gasteiger partial charge in [0.25, 0.3) is 0 Å². The van der Waals surface area contributed by atoms with E-state index in [1.54, 1.807) is 22.2 Å². The fourth-order valence-corrected chi connectivity index (χ4v) is 4.66. The third kappa shape index (κ3) is 2.70. The summed E-state index contributed by atoms with van der Waals surface area (Å²) in [7, 11) is 1.89. The Morgan fingerprint density at radius 1 is 1.22 bits per heavy atom. The maximum atomic E-state index is 13.1. The zero-order valence-corrected chi connectivity index (χ0v) is 14.2. The van der Waals surface area contributed by atoms with Gasteiger partial charge in [-0.05, 0) is 54.6 Å². The second-order valence-corrected chi connectivity index (χ2v) is 7.25. The maximum absolute atomic E-state index is 13.1. The monoisotopic (exact) mass is 330 g/mol. The van der Waals surface area contributed by atoms with E-state index in [-0.39, 0.29) is 11.9 Å². The van der Waals surface area contributed by atoms with Crippen LogP contribution >= 0.6 is 11.3 Å². The quantitative estimate of drug-likeness (QED) is 0.869. The number of hydrogen-bond donors (Lipinski definition) is 0. The highest BCUT2D eigenvalue weighted by atomic mass is 32.1. The van der Waals surface area contributed by atoms with E-state index in [9.17, 15) is 4.79 Å². The third-order valence-electron chi connectivity index (χ3n) is 5.04. The molecule has 2 atom stereocenters. The van der Waals surface area contributed by atoms with Crippen molar-refractivity contribution in [3.05, 3.63) is 34.8 Å². The molecule has 0 aromatic carbocycles. The lowest BCUT2D eigenvalue weighted by atomic mass is 10.00. The van der Waals surface area contributed by atoms with Gasteiger partial charge in [-0.3, -0.25) is 14.4 Å². The van der Waals surface area contributed by atoms with Crippen molar-refractivity contribution >= 4 is 22.9 Å². The molecule has 1 amide bonds. The summed E-state index contributed by atoms with van der Waals surface area (Å²) >= 11 is 1.74. The molecule has 2 aliphatic rings. The van der Waals surface area contributed by atoms with Crippen molar-refractivity contribution in [1.29, 1.82) is 0 Å². The minimum atomic E-state index is 0.0105. The first kappa shape index (κ1) is 14.9. The molecule has 0 radical (unpaired) electrons. The number of thiophene rings is 1. The van der Waals surface area contributed by atoms with E-state index in [4.69, 9.17) is 0 Å². The zero-order valence-electron chi connectivity index (χ0n) is 13.4. The standard InChI is InChI=1S/C17H22N4OS/c1-19-11-14(10-18-19)20-7-3-5-16(17(20)22)21-8-2-4-15(21)13-6-9-23-12-13/h6,9-12,15-16H,2-5,7-8H2,1H3. The Hall–Kier alpha value is -1.66. The maximum Gasteiger partial charge on any atom is 0.244 e. The SMILES string of the molecule is Cn1cc(N2CCCC(N3CCCC3c3ccsc3)C2=O)cn1. The number of likely N-dealkylation sites (tertiary alicyclic amines) is 1. The number of piperidine rings is 1. The molecule has 2 unspecified atom stereocenters. The molecule has 2 aliphatic heterocycles. The molecule has 0 spiro atoms. The predicted molar refractivity (Wildman–Crippen MR) is 91.6 cm³/mol. The Bertz CT molecular complexity index is 681. The van der Waals surface area contributed by atoms with Crippen molar-refractivity contribution in [2.75, 3.05) is 18.0 Å². The number of rotatable bonds is 3. The van der Waals surface area contributed by atoms with Crippen molar-refractivity contribution in [1.82, 2.24) is 14.7 Å². The van der Waals surface area contributed by atoms with E-state index in [0.29, 0.717) is 6.04 Å². The van der Waals surface area contributed by atoms with Crippen molar-refractivity contribution in [2.45, 2.75) is 37.8 Å². The number of carbonyl (C=O) groups excluding carboxylic acids is 1. The van der Waals surface area contributed by atoms with Crippen LogP contribution in [-0.2, 0) is 11.8 Å². The van der Waals surface area contributed by atoms with Crippen molar-refractivity contribution in [3.8, 4) is 0 Å². The number of amides is 1. The van der Waals surface area contributed by atoms with Gasteiger partial charge in [-0.1, -0.05) is 0 Å². The van der Waals surface area contributed by atoms with Crippen LogP contribution in [-0.4, -0.2) is 39.7 Å². The molecule has 0 N–H and O–H groups in total. The van der Waals surface area contributed by atoms with Crippen LogP contribution in [0.5, 0.6) is 0 Å². The van der Waals surface area contributed by atoms with E-state index in [1.807, 2.05) is 18.1 Å². The summed E-state index contributed by atoms with van der Waals surface area (Å²) in [5.74, 6) is 0.242. The summed E-state index contributed by atoms with van der Waals surface area (Å²) in [5.41, 5.74) is 2.30. The van der Waals surface area contributed by atoms with Crippen LogP contribution < -0.4 is 4.90 Å². The van der Waals surface area contributed by atoms with Crippen LogP contribution in [0.2, 0.25) is 0 Å². The molecule has 4 heterocycles. The normalized spacial score (nSPS) is 26.1. The van der Waals surface area contributed by atoms with Gasteiger partial charge in [0.2, 0.25) is 5.91 Å². The molecule has 23 heavy (non-hydrogen) atoms. The van der Waals surface area contributed by atoms with E-state index < -0.39 is 0 Å². The Morgan fingerprint density at radius 3 is 2.78 bits per heavy atom. The summed E-state index contributed by atoms with van der Waals surface area (Å²) in [6.07, 6.45) is 8.08. The first-order chi connectivity index (χ1) is 11.2. The Labute approximate surface area is 140 Å². The summed E-state index contributed by atoms with van der Waals surface area (Å²) in [4.78, 5) is 17.4. The molecule has 6 heteroatoms. The average molecular weight is 330 g/mol. The second kappa shape index (κ2) is 6.09. The second-order valence-electron chi connectivity index (χ2n) is 6.47. The fourth-order valence-electron chi connectivity index (χ4n) is 3.95. The first-order valence-corrected chi connectivity index (χ1v) is 9.26. The summed E-state index contributed by atoms with van der Waals surface area (Å²) in [5, 5.41) is 8.58. The van der Waals surface area contributed by atoms with Gasteiger partial charge in [-0.15, -0.1) is 0 Å². The molecular weight excluding hydrogens is 308 g/mol. The van der Waals surface area contributed by atoms with Gasteiger partial charge < -0.3 is 4.90 Å². The highest BCUT2D eigenvalue weighted by molar-refractivity contribution is 7.07. The Balaban J connectivity index is 1.57. The van der Waals surface area contributed by atoms with Crippen molar-refractivity contribution in [2.24, 2.45) is 7.05 Å². The van der Waals surface area contributed by atoms with E-state index in [0.717, 1.165) is 38.0 Å². The van der Waals surface area contributed by atoms with Crippen LogP contribution in [0.25, 0.3) is 0 Å². The van der Waals surface area contributed by atoms with Crippen LogP contribution in [0.15, 0.2) is 29.2 Å².